The van der Waals surface area contributed by atoms with Crippen LogP contribution in [-0.2, 0) is 0 Å². The molecular formula is C12H8N4O3. The quantitative estimate of drug-likeness (QED) is 0.511. The molecule has 0 amide bonds. The normalized spacial score (nSPS) is 9.63. The number of aromatic nitrogens is 1. The van der Waals surface area contributed by atoms with Crippen molar-refractivity contribution in [1.29, 1.82) is 5.26 Å². The molecule has 0 saturated carbocycles. The van der Waals surface area contributed by atoms with Crippen LogP contribution in [0.4, 0.5) is 11.4 Å². The first-order valence-electron chi connectivity index (χ1n) is 5.19. The number of nitrogens with two attached hydrogens (primary N) is 1. The van der Waals surface area contributed by atoms with Crippen LogP contribution in [0.3, 0.4) is 0 Å². The van der Waals surface area contributed by atoms with Gasteiger partial charge in [-0.25, -0.2) is 4.98 Å². The van der Waals surface area contributed by atoms with Crippen molar-refractivity contribution in [3.8, 4) is 17.7 Å². The Kier molecular flexibility index (Phi) is 3.25. The predicted octanol–water partition coefficient (Wildman–Crippen LogP) is 2.24. The van der Waals surface area contributed by atoms with Gasteiger partial charge in [0, 0.05) is 6.20 Å². The maximum atomic E-state index is 11.0. The number of nitriles is 1. The third kappa shape index (κ3) is 2.42. The smallest absolute Gasteiger partial charge is 0.348 e. The molecule has 2 rings (SSSR count). The van der Waals surface area contributed by atoms with Crippen molar-refractivity contribution in [2.75, 3.05) is 5.73 Å². The van der Waals surface area contributed by atoms with Crippen LogP contribution in [0.5, 0.6) is 11.6 Å². The molecule has 0 spiro atoms. The zero-order valence-corrected chi connectivity index (χ0v) is 9.61. The Balaban J connectivity index is 2.50. The van der Waals surface area contributed by atoms with Crippen molar-refractivity contribution < 1.29 is 9.66 Å². The zero-order chi connectivity index (χ0) is 13.8. The summed E-state index contributed by atoms with van der Waals surface area (Å²) in [6.07, 6.45) is 1.26. The first-order valence-corrected chi connectivity index (χ1v) is 5.19. The molecule has 2 N–H and O–H groups in total. The maximum Gasteiger partial charge on any atom is 0.348 e. The van der Waals surface area contributed by atoms with Gasteiger partial charge in [-0.1, -0.05) is 12.1 Å². The second-order valence-corrected chi connectivity index (χ2v) is 3.52. The number of ether oxygens (including phenoxy) is 1. The van der Waals surface area contributed by atoms with Crippen molar-refractivity contribution in [2.24, 2.45) is 0 Å². The van der Waals surface area contributed by atoms with E-state index in [2.05, 4.69) is 4.98 Å². The maximum absolute atomic E-state index is 11.0. The minimum absolute atomic E-state index is 0.121. The van der Waals surface area contributed by atoms with Crippen LogP contribution >= 0.6 is 0 Å². The third-order valence-electron chi connectivity index (χ3n) is 2.32. The topological polar surface area (TPSA) is 115 Å². The lowest BCUT2D eigenvalue weighted by Gasteiger charge is -2.07. The number of hydrogen-bond donors (Lipinski definition) is 1. The number of rotatable bonds is 3. The Hall–Kier alpha value is -3.14. The van der Waals surface area contributed by atoms with Gasteiger partial charge in [-0.15, -0.1) is 0 Å². The Morgan fingerprint density at radius 3 is 2.74 bits per heavy atom. The van der Waals surface area contributed by atoms with E-state index in [1.165, 1.54) is 12.3 Å². The SMILES string of the molecule is N#Cc1ccnc(Oc2ccccc2N)c1[N+](=O)[O-]. The first-order chi connectivity index (χ1) is 9.13. The van der Waals surface area contributed by atoms with Gasteiger partial charge in [0.25, 0.3) is 0 Å². The summed E-state index contributed by atoms with van der Waals surface area (Å²) in [7, 11) is 0. The molecule has 0 aliphatic heterocycles. The van der Waals surface area contributed by atoms with Gasteiger partial charge in [0.2, 0.25) is 0 Å². The van der Waals surface area contributed by atoms with Crippen molar-refractivity contribution in [3.05, 3.63) is 52.2 Å². The molecule has 1 aromatic carbocycles. The molecule has 7 heteroatoms. The number of nitro groups is 1. The number of pyridine rings is 1. The first kappa shape index (κ1) is 12.3. The number of benzene rings is 1. The van der Waals surface area contributed by atoms with Gasteiger partial charge in [0.15, 0.2) is 5.75 Å². The zero-order valence-electron chi connectivity index (χ0n) is 9.61. The molecule has 1 aromatic heterocycles. The van der Waals surface area contributed by atoms with Crippen molar-refractivity contribution in [3.63, 3.8) is 0 Å². The molecule has 19 heavy (non-hydrogen) atoms. The number of nitrogens with zero attached hydrogens (tertiary/aromatic N) is 3. The minimum atomic E-state index is -0.708. The fraction of sp³-hybridized carbons (Fsp3) is 0. The molecular weight excluding hydrogens is 248 g/mol. The lowest BCUT2D eigenvalue weighted by molar-refractivity contribution is -0.386. The van der Waals surface area contributed by atoms with Gasteiger partial charge in [-0.3, -0.25) is 10.1 Å². The molecule has 0 atom stereocenters. The standard InChI is InChI=1S/C12H8N4O3/c13-7-8-5-6-15-12(11(8)16(17)18)19-10-4-2-1-3-9(10)14/h1-6H,14H2. The summed E-state index contributed by atoms with van der Waals surface area (Å²) in [5.41, 5.74) is 5.40. The minimum Gasteiger partial charge on any atom is -0.431 e. The van der Waals surface area contributed by atoms with E-state index in [9.17, 15) is 10.1 Å². The second-order valence-electron chi connectivity index (χ2n) is 3.52. The lowest BCUT2D eigenvalue weighted by Crippen LogP contribution is -2.00. The van der Waals surface area contributed by atoms with E-state index in [4.69, 9.17) is 15.7 Å². The van der Waals surface area contributed by atoms with Crippen molar-refractivity contribution in [1.82, 2.24) is 4.98 Å². The van der Waals surface area contributed by atoms with E-state index < -0.39 is 10.6 Å². The van der Waals surface area contributed by atoms with Crippen LogP contribution in [0.25, 0.3) is 0 Å². The van der Waals surface area contributed by atoms with Crippen molar-refractivity contribution >= 4 is 11.4 Å². The molecule has 94 valence electrons. The summed E-state index contributed by atoms with van der Waals surface area (Å²) < 4.78 is 5.32. The molecule has 7 nitrogen and oxygen atoms in total. The van der Waals surface area contributed by atoms with Crippen LogP contribution in [-0.4, -0.2) is 9.91 Å². The Labute approximate surface area is 108 Å². The van der Waals surface area contributed by atoms with Gasteiger partial charge in [0.1, 0.15) is 11.6 Å². The van der Waals surface area contributed by atoms with Gasteiger partial charge in [-0.2, -0.15) is 5.26 Å². The van der Waals surface area contributed by atoms with Crippen LogP contribution < -0.4 is 10.5 Å². The molecule has 0 fully saturated rings. The fourth-order valence-corrected chi connectivity index (χ4v) is 1.45. The molecule has 0 radical (unpaired) electrons. The van der Waals surface area contributed by atoms with E-state index in [0.29, 0.717) is 5.69 Å². The number of hydrogen-bond acceptors (Lipinski definition) is 6. The number of anilines is 1. The average molecular weight is 256 g/mol. The highest BCUT2D eigenvalue weighted by Crippen LogP contribution is 2.33. The monoisotopic (exact) mass is 256 g/mol. The summed E-state index contributed by atoms with van der Waals surface area (Å²) >= 11 is 0. The van der Waals surface area contributed by atoms with Crippen LogP contribution in [0.1, 0.15) is 5.56 Å². The van der Waals surface area contributed by atoms with Gasteiger partial charge < -0.3 is 10.5 Å². The Morgan fingerprint density at radius 1 is 1.37 bits per heavy atom. The number of nitrogen functional groups attached to an aromatic ring is 1. The van der Waals surface area contributed by atoms with E-state index in [1.54, 1.807) is 30.3 Å². The highest BCUT2D eigenvalue weighted by Gasteiger charge is 2.23. The molecule has 0 aliphatic carbocycles. The summed E-state index contributed by atoms with van der Waals surface area (Å²) in [5, 5.41) is 19.8. The molecule has 0 saturated heterocycles. The van der Waals surface area contributed by atoms with E-state index in [1.807, 2.05) is 0 Å². The van der Waals surface area contributed by atoms with Crippen LogP contribution in [0.15, 0.2) is 36.5 Å². The highest BCUT2D eigenvalue weighted by atomic mass is 16.6. The van der Waals surface area contributed by atoms with E-state index in [-0.39, 0.29) is 17.2 Å². The molecule has 0 aliphatic rings. The van der Waals surface area contributed by atoms with Gasteiger partial charge in [-0.05, 0) is 18.2 Å². The Morgan fingerprint density at radius 2 is 2.11 bits per heavy atom. The molecule has 0 bridgehead atoms. The summed E-state index contributed by atoms with van der Waals surface area (Å²) in [5.74, 6) is -0.0184. The lowest BCUT2D eigenvalue weighted by atomic mass is 10.2. The van der Waals surface area contributed by atoms with Gasteiger partial charge >= 0.3 is 11.6 Å². The van der Waals surface area contributed by atoms with Crippen molar-refractivity contribution in [2.45, 2.75) is 0 Å². The molecule has 1 heterocycles. The van der Waals surface area contributed by atoms with E-state index >= 15 is 0 Å². The van der Waals surface area contributed by atoms with E-state index in [0.717, 1.165) is 0 Å². The second kappa shape index (κ2) is 5.01. The largest absolute Gasteiger partial charge is 0.431 e. The highest BCUT2D eigenvalue weighted by molar-refractivity contribution is 5.58. The fourth-order valence-electron chi connectivity index (χ4n) is 1.45. The third-order valence-corrected chi connectivity index (χ3v) is 2.32. The average Bonchev–Trinajstić information content (AvgIpc) is 2.40. The summed E-state index contributed by atoms with van der Waals surface area (Å²) in [6, 6.07) is 9.50. The summed E-state index contributed by atoms with van der Waals surface area (Å²) in [6.45, 7) is 0. The van der Waals surface area contributed by atoms with Crippen LogP contribution in [0, 0.1) is 21.4 Å². The number of para-hydroxylation sites is 2. The Bertz CT molecular complexity index is 679. The predicted molar refractivity (Wildman–Crippen MR) is 66.5 cm³/mol. The van der Waals surface area contributed by atoms with Gasteiger partial charge in [0.05, 0.1) is 10.6 Å². The molecule has 0 unspecified atom stereocenters. The summed E-state index contributed by atoms with van der Waals surface area (Å²) in [4.78, 5) is 14.0. The molecule has 2 aromatic rings. The van der Waals surface area contributed by atoms with Crippen LogP contribution in [0.2, 0.25) is 0 Å².